The first-order chi connectivity index (χ1) is 14.2. The third-order valence-electron chi connectivity index (χ3n) is 4.41. The van der Waals surface area contributed by atoms with Gasteiger partial charge in [-0.25, -0.2) is 4.98 Å². The van der Waals surface area contributed by atoms with Crippen molar-refractivity contribution in [2.45, 2.75) is 5.75 Å². The Morgan fingerprint density at radius 1 is 1.14 bits per heavy atom. The van der Waals surface area contributed by atoms with E-state index in [2.05, 4.69) is 4.98 Å². The Labute approximate surface area is 172 Å². The van der Waals surface area contributed by atoms with E-state index in [0.717, 1.165) is 21.9 Å². The van der Waals surface area contributed by atoms with Crippen molar-refractivity contribution in [1.82, 2.24) is 9.38 Å². The summed E-state index contributed by atoms with van der Waals surface area (Å²) in [5.74, 6) is 0.752. The van der Waals surface area contributed by atoms with Gasteiger partial charge < -0.3 is 9.15 Å². The van der Waals surface area contributed by atoms with Crippen LogP contribution in [-0.2, 0) is 10.5 Å². The number of benzene rings is 2. The monoisotopic (exact) mass is 422 g/mol. The summed E-state index contributed by atoms with van der Waals surface area (Å²) in [6.45, 7) is 0. The van der Waals surface area contributed by atoms with E-state index in [9.17, 15) is 9.59 Å². The van der Waals surface area contributed by atoms with Gasteiger partial charge in [0.2, 0.25) is 0 Å². The molecule has 5 rings (SSSR count). The number of aromatic nitrogens is 2. The molecule has 2 aromatic carbocycles. The number of esters is 1. The van der Waals surface area contributed by atoms with Crippen LogP contribution in [0.5, 0.6) is 5.75 Å². The van der Waals surface area contributed by atoms with Crippen molar-refractivity contribution in [3.63, 3.8) is 0 Å². The van der Waals surface area contributed by atoms with Crippen molar-refractivity contribution >= 4 is 56.0 Å². The molecule has 0 radical (unpaired) electrons. The molecule has 0 aliphatic heterocycles. The van der Waals surface area contributed by atoms with Gasteiger partial charge >= 0.3 is 5.97 Å². The molecule has 0 unspecified atom stereocenters. The number of ether oxygens (including phenoxy) is 1. The summed E-state index contributed by atoms with van der Waals surface area (Å²) in [7, 11) is 0. The average Bonchev–Trinajstić information content (AvgIpc) is 3.32. The third kappa shape index (κ3) is 3.52. The first-order valence-electron chi connectivity index (χ1n) is 8.83. The van der Waals surface area contributed by atoms with E-state index in [1.54, 1.807) is 18.3 Å². The summed E-state index contributed by atoms with van der Waals surface area (Å²) in [5, 5.41) is 3.71. The van der Waals surface area contributed by atoms with Crippen LogP contribution < -0.4 is 10.3 Å². The molecule has 0 saturated carbocycles. The Morgan fingerprint density at radius 3 is 2.93 bits per heavy atom. The fourth-order valence-corrected chi connectivity index (χ4v) is 4.55. The predicted molar refractivity (Wildman–Crippen MR) is 115 cm³/mol. The predicted octanol–water partition coefficient (Wildman–Crippen LogP) is 4.49. The van der Waals surface area contributed by atoms with Gasteiger partial charge in [0.05, 0.1) is 11.4 Å². The van der Waals surface area contributed by atoms with E-state index in [1.165, 1.54) is 33.6 Å². The smallest absolute Gasteiger partial charge is 0.321 e. The maximum atomic E-state index is 12.2. The van der Waals surface area contributed by atoms with Crippen molar-refractivity contribution in [3.8, 4) is 5.75 Å². The number of hydrogen-bond acceptors (Lipinski definition) is 7. The Balaban J connectivity index is 1.25. The van der Waals surface area contributed by atoms with Crippen LogP contribution in [0.4, 0.5) is 0 Å². The minimum atomic E-state index is -0.351. The standard InChI is InChI=1S/C21H14N2O4S2/c24-19-9-13(22-21-23(19)7-8-29-21)11-28-12-20(25)26-14-5-6-18-16(10-14)15-3-1-2-4-17(15)27-18/h1-10H,11-12H2. The van der Waals surface area contributed by atoms with Crippen molar-refractivity contribution in [1.29, 1.82) is 0 Å². The number of thiazole rings is 1. The number of thioether (sulfide) groups is 1. The van der Waals surface area contributed by atoms with Crippen LogP contribution in [0.25, 0.3) is 26.9 Å². The molecule has 3 aromatic heterocycles. The van der Waals surface area contributed by atoms with Gasteiger partial charge in [0.15, 0.2) is 4.96 Å². The SMILES string of the molecule is O=C(CSCc1cc(=O)n2ccsc2n1)Oc1ccc2oc3ccccc3c2c1. The maximum Gasteiger partial charge on any atom is 0.321 e. The molecule has 0 bridgehead atoms. The van der Waals surface area contributed by atoms with Gasteiger partial charge in [-0.2, -0.15) is 0 Å². The third-order valence-corrected chi connectivity index (χ3v) is 6.10. The van der Waals surface area contributed by atoms with Gasteiger partial charge in [0.25, 0.3) is 5.56 Å². The van der Waals surface area contributed by atoms with Crippen LogP contribution in [0.1, 0.15) is 5.69 Å². The first-order valence-corrected chi connectivity index (χ1v) is 10.9. The Hall–Kier alpha value is -3.10. The molecule has 144 valence electrons. The van der Waals surface area contributed by atoms with Crippen molar-refractivity contribution in [2.24, 2.45) is 0 Å². The first kappa shape index (κ1) is 18.0. The molecule has 0 N–H and O–H groups in total. The maximum absolute atomic E-state index is 12.2. The molecule has 29 heavy (non-hydrogen) atoms. The summed E-state index contributed by atoms with van der Waals surface area (Å²) in [5.41, 5.74) is 2.09. The van der Waals surface area contributed by atoms with Crippen LogP contribution >= 0.6 is 23.1 Å². The van der Waals surface area contributed by atoms with Crippen LogP contribution in [0.3, 0.4) is 0 Å². The number of para-hydroxylation sites is 1. The number of nitrogens with zero attached hydrogens (tertiary/aromatic N) is 2. The topological polar surface area (TPSA) is 73.8 Å². The Bertz CT molecular complexity index is 1420. The molecule has 0 amide bonds. The van der Waals surface area contributed by atoms with Gasteiger partial charge in [0, 0.05) is 34.2 Å². The number of rotatable bonds is 5. The molecule has 0 aliphatic carbocycles. The van der Waals surface area contributed by atoms with Crippen LogP contribution in [0.2, 0.25) is 0 Å². The molecule has 0 saturated heterocycles. The minimum absolute atomic E-state index is 0.116. The zero-order valence-corrected chi connectivity index (χ0v) is 16.7. The van der Waals surface area contributed by atoms with E-state index in [1.807, 2.05) is 35.7 Å². The highest BCUT2D eigenvalue weighted by Crippen LogP contribution is 2.31. The molecule has 8 heteroatoms. The van der Waals surface area contributed by atoms with Crippen molar-refractivity contribution < 1.29 is 13.9 Å². The zero-order valence-electron chi connectivity index (χ0n) is 15.0. The number of fused-ring (bicyclic) bond motifs is 4. The number of carbonyl (C=O) groups is 1. The molecule has 0 spiro atoms. The Morgan fingerprint density at radius 2 is 2.00 bits per heavy atom. The molecule has 0 fully saturated rings. The second-order valence-corrected chi connectivity index (χ2v) is 8.22. The van der Waals surface area contributed by atoms with Gasteiger partial charge in [0.1, 0.15) is 16.9 Å². The fourth-order valence-electron chi connectivity index (χ4n) is 3.13. The summed E-state index contributed by atoms with van der Waals surface area (Å²) >= 11 is 2.77. The number of hydrogen-bond donors (Lipinski definition) is 0. The summed E-state index contributed by atoms with van der Waals surface area (Å²) in [6.07, 6.45) is 1.70. The molecular weight excluding hydrogens is 408 g/mol. The lowest BCUT2D eigenvalue weighted by Gasteiger charge is -2.04. The van der Waals surface area contributed by atoms with Gasteiger partial charge in [-0.3, -0.25) is 14.0 Å². The van der Waals surface area contributed by atoms with E-state index >= 15 is 0 Å². The van der Waals surface area contributed by atoms with Crippen molar-refractivity contribution in [3.05, 3.63) is 76.2 Å². The van der Waals surface area contributed by atoms with Gasteiger partial charge in [-0.05, 0) is 24.3 Å². The highest BCUT2D eigenvalue weighted by molar-refractivity contribution is 7.99. The number of furan rings is 1. The summed E-state index contributed by atoms with van der Waals surface area (Å²) in [4.78, 5) is 29.3. The van der Waals surface area contributed by atoms with Crippen LogP contribution in [-0.4, -0.2) is 21.1 Å². The highest BCUT2D eigenvalue weighted by atomic mass is 32.2. The highest BCUT2D eigenvalue weighted by Gasteiger charge is 2.11. The molecule has 0 atom stereocenters. The van der Waals surface area contributed by atoms with E-state index in [4.69, 9.17) is 9.15 Å². The van der Waals surface area contributed by atoms with Gasteiger partial charge in [-0.1, -0.05) is 18.2 Å². The lowest BCUT2D eigenvalue weighted by atomic mass is 10.1. The molecule has 0 aliphatic rings. The quantitative estimate of drug-likeness (QED) is 0.307. The second kappa shape index (κ2) is 7.38. The summed E-state index contributed by atoms with van der Waals surface area (Å²) < 4.78 is 12.8. The average molecular weight is 422 g/mol. The van der Waals surface area contributed by atoms with E-state index in [0.29, 0.717) is 22.2 Å². The molecule has 5 aromatic rings. The molecular formula is C21H14N2O4S2. The molecule has 6 nitrogen and oxygen atoms in total. The zero-order chi connectivity index (χ0) is 19.8. The molecule has 3 heterocycles. The van der Waals surface area contributed by atoms with E-state index < -0.39 is 0 Å². The van der Waals surface area contributed by atoms with Crippen molar-refractivity contribution in [2.75, 3.05) is 5.75 Å². The minimum Gasteiger partial charge on any atom is -0.456 e. The van der Waals surface area contributed by atoms with Gasteiger partial charge in [-0.15, -0.1) is 23.1 Å². The van der Waals surface area contributed by atoms with E-state index in [-0.39, 0.29) is 17.3 Å². The largest absolute Gasteiger partial charge is 0.456 e. The summed E-state index contributed by atoms with van der Waals surface area (Å²) in [6, 6.07) is 14.6. The Kier molecular flexibility index (Phi) is 4.57. The fraction of sp³-hybridized carbons (Fsp3) is 0.0952. The normalized spacial score (nSPS) is 11.4. The lowest BCUT2D eigenvalue weighted by Crippen LogP contribution is -2.13. The van der Waals surface area contributed by atoms with Crippen LogP contribution in [0.15, 0.2) is 69.3 Å². The van der Waals surface area contributed by atoms with Crippen LogP contribution in [0, 0.1) is 0 Å². The lowest BCUT2D eigenvalue weighted by molar-refractivity contribution is -0.131. The second-order valence-electron chi connectivity index (χ2n) is 6.36. The number of carbonyl (C=O) groups excluding carboxylic acids is 1.